The SMILES string of the molecule is CCCCOC(Cc1ccccc1)C(O)CO. The Morgan fingerprint density at radius 1 is 1.24 bits per heavy atom. The van der Waals surface area contributed by atoms with E-state index in [9.17, 15) is 5.11 Å². The van der Waals surface area contributed by atoms with Gasteiger partial charge in [0.25, 0.3) is 0 Å². The van der Waals surface area contributed by atoms with Crippen LogP contribution in [0.1, 0.15) is 25.3 Å². The fourth-order valence-electron chi connectivity index (χ4n) is 1.65. The van der Waals surface area contributed by atoms with E-state index < -0.39 is 6.10 Å². The average Bonchev–Trinajstić information content (AvgIpc) is 2.38. The van der Waals surface area contributed by atoms with Crippen LogP contribution in [0, 0.1) is 0 Å². The summed E-state index contributed by atoms with van der Waals surface area (Å²) in [4.78, 5) is 0. The Morgan fingerprint density at radius 2 is 1.94 bits per heavy atom. The molecule has 0 heterocycles. The predicted molar refractivity (Wildman–Crippen MR) is 67.9 cm³/mol. The lowest BCUT2D eigenvalue weighted by Gasteiger charge is -2.22. The summed E-state index contributed by atoms with van der Waals surface area (Å²) >= 11 is 0. The summed E-state index contributed by atoms with van der Waals surface area (Å²) in [5.41, 5.74) is 1.11. The van der Waals surface area contributed by atoms with E-state index in [1.165, 1.54) is 0 Å². The number of hydrogen-bond acceptors (Lipinski definition) is 3. The smallest absolute Gasteiger partial charge is 0.103 e. The van der Waals surface area contributed by atoms with E-state index in [0.717, 1.165) is 18.4 Å². The van der Waals surface area contributed by atoms with E-state index in [4.69, 9.17) is 9.84 Å². The topological polar surface area (TPSA) is 49.7 Å². The Hall–Kier alpha value is -0.900. The zero-order valence-corrected chi connectivity index (χ0v) is 10.4. The Kier molecular flexibility index (Phi) is 6.86. The quantitative estimate of drug-likeness (QED) is 0.679. The van der Waals surface area contributed by atoms with Crippen LogP contribution in [0.25, 0.3) is 0 Å². The summed E-state index contributed by atoms with van der Waals surface area (Å²) in [6.07, 6.45) is 1.53. The van der Waals surface area contributed by atoms with Crippen molar-refractivity contribution in [3.05, 3.63) is 35.9 Å². The number of hydrogen-bond donors (Lipinski definition) is 2. The first kappa shape index (κ1) is 14.2. The van der Waals surface area contributed by atoms with Gasteiger partial charge in [-0.2, -0.15) is 0 Å². The second-order valence-corrected chi connectivity index (χ2v) is 4.20. The van der Waals surface area contributed by atoms with Gasteiger partial charge in [-0.25, -0.2) is 0 Å². The number of unbranched alkanes of at least 4 members (excludes halogenated alkanes) is 1. The fraction of sp³-hybridized carbons (Fsp3) is 0.571. The van der Waals surface area contributed by atoms with Gasteiger partial charge in [-0.3, -0.25) is 0 Å². The minimum atomic E-state index is -0.813. The molecule has 0 saturated carbocycles. The van der Waals surface area contributed by atoms with E-state index >= 15 is 0 Å². The van der Waals surface area contributed by atoms with Crippen LogP contribution in [-0.2, 0) is 11.2 Å². The number of ether oxygens (including phenoxy) is 1. The minimum Gasteiger partial charge on any atom is -0.394 e. The molecule has 0 aromatic heterocycles. The predicted octanol–water partition coefficient (Wildman–Crippen LogP) is 1.77. The molecule has 2 N–H and O–H groups in total. The van der Waals surface area contributed by atoms with Crippen molar-refractivity contribution in [2.45, 2.75) is 38.4 Å². The van der Waals surface area contributed by atoms with Crippen LogP contribution in [0.15, 0.2) is 30.3 Å². The van der Waals surface area contributed by atoms with Crippen molar-refractivity contribution in [2.75, 3.05) is 13.2 Å². The average molecular weight is 238 g/mol. The van der Waals surface area contributed by atoms with E-state index in [-0.39, 0.29) is 12.7 Å². The van der Waals surface area contributed by atoms with Crippen molar-refractivity contribution in [3.8, 4) is 0 Å². The molecule has 0 saturated heterocycles. The summed E-state index contributed by atoms with van der Waals surface area (Å²) in [6.45, 7) is 2.46. The first-order chi connectivity index (χ1) is 8.27. The van der Waals surface area contributed by atoms with Crippen LogP contribution < -0.4 is 0 Å². The molecule has 2 atom stereocenters. The van der Waals surface area contributed by atoms with Gasteiger partial charge in [-0.15, -0.1) is 0 Å². The number of aliphatic hydroxyl groups excluding tert-OH is 2. The molecular formula is C14H22O3. The third-order valence-electron chi connectivity index (χ3n) is 2.73. The van der Waals surface area contributed by atoms with Gasteiger partial charge in [-0.05, 0) is 12.0 Å². The van der Waals surface area contributed by atoms with E-state index in [0.29, 0.717) is 13.0 Å². The Balaban J connectivity index is 2.51. The molecule has 1 aromatic carbocycles. The molecule has 2 unspecified atom stereocenters. The van der Waals surface area contributed by atoms with Crippen LogP contribution in [-0.4, -0.2) is 35.6 Å². The molecule has 3 heteroatoms. The fourth-order valence-corrected chi connectivity index (χ4v) is 1.65. The first-order valence-corrected chi connectivity index (χ1v) is 6.22. The Morgan fingerprint density at radius 3 is 2.53 bits per heavy atom. The van der Waals surface area contributed by atoms with Crippen LogP contribution in [0.2, 0.25) is 0 Å². The molecule has 0 aliphatic rings. The highest BCUT2D eigenvalue weighted by Crippen LogP contribution is 2.10. The minimum absolute atomic E-state index is 0.260. The second-order valence-electron chi connectivity index (χ2n) is 4.20. The van der Waals surface area contributed by atoms with Crippen LogP contribution in [0.5, 0.6) is 0 Å². The number of aliphatic hydroxyl groups is 2. The highest BCUT2D eigenvalue weighted by molar-refractivity contribution is 5.15. The lowest BCUT2D eigenvalue weighted by atomic mass is 10.0. The molecule has 3 nitrogen and oxygen atoms in total. The Labute approximate surface area is 103 Å². The highest BCUT2D eigenvalue weighted by Gasteiger charge is 2.19. The molecule has 17 heavy (non-hydrogen) atoms. The molecule has 0 aliphatic carbocycles. The van der Waals surface area contributed by atoms with Gasteiger partial charge in [0, 0.05) is 13.0 Å². The lowest BCUT2D eigenvalue weighted by molar-refractivity contribution is -0.0577. The van der Waals surface area contributed by atoms with Crippen molar-refractivity contribution in [1.29, 1.82) is 0 Å². The normalized spacial score (nSPS) is 14.5. The molecule has 0 radical (unpaired) electrons. The molecule has 0 fully saturated rings. The molecule has 0 spiro atoms. The highest BCUT2D eigenvalue weighted by atomic mass is 16.5. The molecule has 96 valence electrons. The third-order valence-corrected chi connectivity index (χ3v) is 2.73. The maximum Gasteiger partial charge on any atom is 0.103 e. The standard InChI is InChI=1S/C14H22O3/c1-2-3-9-17-14(13(16)11-15)10-12-7-5-4-6-8-12/h4-8,13-16H,2-3,9-11H2,1H3. The summed E-state index contributed by atoms with van der Waals surface area (Å²) in [6, 6.07) is 9.88. The number of rotatable bonds is 8. The maximum atomic E-state index is 9.70. The third kappa shape index (κ3) is 5.31. The maximum absolute atomic E-state index is 9.70. The Bertz CT molecular complexity index is 287. The lowest BCUT2D eigenvalue weighted by Crippen LogP contribution is -2.34. The second kappa shape index (κ2) is 8.23. The van der Waals surface area contributed by atoms with E-state index in [1.807, 2.05) is 30.3 Å². The van der Waals surface area contributed by atoms with Gasteiger partial charge in [-0.1, -0.05) is 43.7 Å². The van der Waals surface area contributed by atoms with E-state index in [2.05, 4.69) is 6.92 Å². The van der Waals surface area contributed by atoms with Gasteiger partial charge in [0.15, 0.2) is 0 Å². The molecule has 0 amide bonds. The number of benzene rings is 1. The largest absolute Gasteiger partial charge is 0.394 e. The molecule has 1 rings (SSSR count). The zero-order valence-electron chi connectivity index (χ0n) is 10.4. The van der Waals surface area contributed by atoms with Gasteiger partial charge in [0.1, 0.15) is 6.10 Å². The zero-order chi connectivity index (χ0) is 12.5. The van der Waals surface area contributed by atoms with Crippen molar-refractivity contribution in [2.24, 2.45) is 0 Å². The van der Waals surface area contributed by atoms with Gasteiger partial charge in [0.2, 0.25) is 0 Å². The van der Waals surface area contributed by atoms with Crippen LogP contribution in [0.4, 0.5) is 0 Å². The molecule has 0 bridgehead atoms. The molecule has 1 aromatic rings. The van der Waals surface area contributed by atoms with Crippen LogP contribution >= 0.6 is 0 Å². The van der Waals surface area contributed by atoms with Gasteiger partial charge in [0.05, 0.1) is 12.7 Å². The van der Waals surface area contributed by atoms with Crippen molar-refractivity contribution in [1.82, 2.24) is 0 Å². The molecular weight excluding hydrogens is 216 g/mol. The molecule has 0 aliphatic heterocycles. The summed E-state index contributed by atoms with van der Waals surface area (Å²) in [5.74, 6) is 0. The van der Waals surface area contributed by atoms with Crippen LogP contribution in [0.3, 0.4) is 0 Å². The van der Waals surface area contributed by atoms with Crippen molar-refractivity contribution >= 4 is 0 Å². The monoisotopic (exact) mass is 238 g/mol. The summed E-state index contributed by atoms with van der Waals surface area (Å²) in [5, 5.41) is 18.7. The van der Waals surface area contributed by atoms with Gasteiger partial charge < -0.3 is 14.9 Å². The summed E-state index contributed by atoms with van der Waals surface area (Å²) < 4.78 is 5.63. The summed E-state index contributed by atoms with van der Waals surface area (Å²) in [7, 11) is 0. The van der Waals surface area contributed by atoms with Crippen molar-refractivity contribution < 1.29 is 14.9 Å². The first-order valence-electron chi connectivity index (χ1n) is 6.22. The van der Waals surface area contributed by atoms with Crippen molar-refractivity contribution in [3.63, 3.8) is 0 Å². The van der Waals surface area contributed by atoms with E-state index in [1.54, 1.807) is 0 Å². The van der Waals surface area contributed by atoms with Gasteiger partial charge >= 0.3 is 0 Å².